The van der Waals surface area contributed by atoms with E-state index in [2.05, 4.69) is 5.32 Å². The van der Waals surface area contributed by atoms with Crippen molar-refractivity contribution in [3.8, 4) is 0 Å². The lowest BCUT2D eigenvalue weighted by Crippen LogP contribution is -2.37. The van der Waals surface area contributed by atoms with Gasteiger partial charge in [0.25, 0.3) is 0 Å². The fourth-order valence-electron chi connectivity index (χ4n) is 0.896. The van der Waals surface area contributed by atoms with Crippen LogP contribution in [-0.4, -0.2) is 35.3 Å². The molecule has 1 N–H and O–H groups in total. The summed E-state index contributed by atoms with van der Waals surface area (Å²) in [6.45, 7) is 1.93. The maximum Gasteiger partial charge on any atom is 0.324 e. The molecule has 0 aliphatic carbocycles. The third-order valence-corrected chi connectivity index (χ3v) is 2.02. The Morgan fingerprint density at radius 3 is 2.73 bits per heavy atom. The summed E-state index contributed by atoms with van der Waals surface area (Å²) >= 11 is 5.51. The highest BCUT2D eigenvalue weighted by atomic mass is 35.5. The van der Waals surface area contributed by atoms with E-state index in [9.17, 15) is 9.59 Å². The molecule has 0 aromatic carbocycles. The lowest BCUT2D eigenvalue weighted by molar-refractivity contribution is -0.118. The zero-order valence-corrected chi connectivity index (χ0v) is 6.89. The molecule has 1 rings (SSSR count). The smallest absolute Gasteiger partial charge is 0.311 e. The average molecular weight is 177 g/mol. The third-order valence-electron chi connectivity index (χ3n) is 1.58. The number of hydrogen-bond acceptors (Lipinski definition) is 2. The quantitative estimate of drug-likeness (QED) is 0.482. The number of halogens is 1. The standard InChI is InChI=1S/C6H9ClN2O2/c1-4(2-7)9-3-5(10)8-6(9)11/h4H,2-3H2,1H3,(H,8,10,11). The summed E-state index contributed by atoms with van der Waals surface area (Å²) in [5.41, 5.74) is 0. The fourth-order valence-corrected chi connectivity index (χ4v) is 1.06. The number of imide groups is 1. The third kappa shape index (κ3) is 1.63. The number of amides is 3. The van der Waals surface area contributed by atoms with Crippen LogP contribution in [0.5, 0.6) is 0 Å². The Labute approximate surface area is 69.5 Å². The largest absolute Gasteiger partial charge is 0.324 e. The lowest BCUT2D eigenvalue weighted by Gasteiger charge is -2.18. The van der Waals surface area contributed by atoms with E-state index in [-0.39, 0.29) is 24.5 Å². The van der Waals surface area contributed by atoms with Crippen LogP contribution in [-0.2, 0) is 4.79 Å². The van der Waals surface area contributed by atoms with E-state index < -0.39 is 0 Å². The molecule has 1 saturated heterocycles. The van der Waals surface area contributed by atoms with Crippen molar-refractivity contribution in [1.29, 1.82) is 0 Å². The van der Waals surface area contributed by atoms with Crippen LogP contribution in [0.3, 0.4) is 0 Å². The Morgan fingerprint density at radius 2 is 2.36 bits per heavy atom. The Morgan fingerprint density at radius 1 is 1.73 bits per heavy atom. The van der Waals surface area contributed by atoms with Crippen molar-refractivity contribution < 1.29 is 9.59 Å². The first-order valence-corrected chi connectivity index (χ1v) is 3.85. The normalized spacial score (nSPS) is 20.4. The van der Waals surface area contributed by atoms with Crippen molar-refractivity contribution in [3.05, 3.63) is 0 Å². The zero-order chi connectivity index (χ0) is 8.43. The molecular formula is C6H9ClN2O2. The minimum Gasteiger partial charge on any atom is -0.311 e. The minimum absolute atomic E-state index is 0.0804. The first kappa shape index (κ1) is 8.33. The Hall–Kier alpha value is -0.770. The van der Waals surface area contributed by atoms with Crippen LogP contribution in [0.4, 0.5) is 4.79 Å². The predicted octanol–water partition coefficient (Wildman–Crippen LogP) is 0.166. The first-order chi connectivity index (χ1) is 5.15. The second-order valence-corrected chi connectivity index (χ2v) is 2.79. The van der Waals surface area contributed by atoms with Gasteiger partial charge in [-0.1, -0.05) is 0 Å². The lowest BCUT2D eigenvalue weighted by atomic mass is 10.3. The molecule has 3 amide bonds. The van der Waals surface area contributed by atoms with Crippen molar-refractivity contribution in [2.75, 3.05) is 12.4 Å². The summed E-state index contributed by atoms with van der Waals surface area (Å²) in [4.78, 5) is 23.0. The Bertz CT molecular complexity index is 195. The molecule has 4 nitrogen and oxygen atoms in total. The summed E-state index contributed by atoms with van der Waals surface area (Å²) in [6.07, 6.45) is 0. The molecular weight excluding hydrogens is 168 g/mol. The van der Waals surface area contributed by atoms with Gasteiger partial charge in [0.05, 0.1) is 0 Å². The highest BCUT2D eigenvalue weighted by Crippen LogP contribution is 2.05. The van der Waals surface area contributed by atoms with Crippen LogP contribution in [0.25, 0.3) is 0 Å². The van der Waals surface area contributed by atoms with E-state index in [1.165, 1.54) is 4.90 Å². The van der Waals surface area contributed by atoms with Gasteiger partial charge < -0.3 is 4.90 Å². The molecule has 0 radical (unpaired) electrons. The summed E-state index contributed by atoms with van der Waals surface area (Å²) in [7, 11) is 0. The molecule has 0 aromatic rings. The van der Waals surface area contributed by atoms with Crippen molar-refractivity contribution in [2.45, 2.75) is 13.0 Å². The number of carbonyl (C=O) groups is 2. The van der Waals surface area contributed by atoms with Gasteiger partial charge in [-0.15, -0.1) is 11.6 Å². The highest BCUT2D eigenvalue weighted by Gasteiger charge is 2.29. The van der Waals surface area contributed by atoms with Gasteiger partial charge in [0.1, 0.15) is 6.54 Å². The number of carbonyl (C=O) groups excluding carboxylic acids is 2. The van der Waals surface area contributed by atoms with Gasteiger partial charge in [-0.3, -0.25) is 10.1 Å². The average Bonchev–Trinajstić information content (AvgIpc) is 2.28. The predicted molar refractivity (Wildman–Crippen MR) is 40.4 cm³/mol. The van der Waals surface area contributed by atoms with Crippen LogP contribution < -0.4 is 5.32 Å². The first-order valence-electron chi connectivity index (χ1n) is 3.31. The van der Waals surface area contributed by atoms with E-state index in [0.717, 1.165) is 0 Å². The molecule has 0 saturated carbocycles. The maximum absolute atomic E-state index is 10.9. The van der Waals surface area contributed by atoms with Gasteiger partial charge in [-0.05, 0) is 6.92 Å². The highest BCUT2D eigenvalue weighted by molar-refractivity contribution is 6.18. The Kier molecular flexibility index (Phi) is 2.34. The van der Waals surface area contributed by atoms with E-state index in [1.807, 2.05) is 0 Å². The van der Waals surface area contributed by atoms with Gasteiger partial charge in [0.2, 0.25) is 5.91 Å². The molecule has 1 unspecified atom stereocenters. The summed E-state index contributed by atoms with van der Waals surface area (Å²) in [5.74, 6) is 0.0905. The van der Waals surface area contributed by atoms with Gasteiger partial charge >= 0.3 is 6.03 Å². The van der Waals surface area contributed by atoms with Gasteiger partial charge in [0.15, 0.2) is 0 Å². The van der Waals surface area contributed by atoms with Gasteiger partial charge in [-0.2, -0.15) is 0 Å². The van der Waals surface area contributed by atoms with E-state index in [4.69, 9.17) is 11.6 Å². The maximum atomic E-state index is 10.9. The summed E-state index contributed by atoms with van der Waals surface area (Å²) in [5, 5.41) is 2.17. The minimum atomic E-state index is -0.344. The summed E-state index contributed by atoms with van der Waals surface area (Å²) < 4.78 is 0. The van der Waals surface area contributed by atoms with Crippen LogP contribution in [0.2, 0.25) is 0 Å². The molecule has 0 bridgehead atoms. The second-order valence-electron chi connectivity index (χ2n) is 2.48. The molecule has 11 heavy (non-hydrogen) atoms. The van der Waals surface area contributed by atoms with Crippen molar-refractivity contribution in [1.82, 2.24) is 10.2 Å². The molecule has 62 valence electrons. The van der Waals surface area contributed by atoms with Crippen LogP contribution >= 0.6 is 11.6 Å². The number of alkyl halides is 1. The molecule has 0 spiro atoms. The molecule has 1 aliphatic heterocycles. The number of nitrogens with zero attached hydrogens (tertiary/aromatic N) is 1. The van der Waals surface area contributed by atoms with E-state index >= 15 is 0 Å². The number of hydrogen-bond donors (Lipinski definition) is 1. The molecule has 5 heteroatoms. The van der Waals surface area contributed by atoms with E-state index in [0.29, 0.717) is 5.88 Å². The van der Waals surface area contributed by atoms with Crippen molar-refractivity contribution in [2.24, 2.45) is 0 Å². The molecule has 1 aliphatic rings. The van der Waals surface area contributed by atoms with Crippen LogP contribution in [0, 0.1) is 0 Å². The van der Waals surface area contributed by atoms with E-state index in [1.54, 1.807) is 6.92 Å². The molecule has 0 aromatic heterocycles. The monoisotopic (exact) mass is 176 g/mol. The molecule has 1 atom stereocenters. The fraction of sp³-hybridized carbons (Fsp3) is 0.667. The summed E-state index contributed by atoms with van der Waals surface area (Å²) in [6, 6.07) is -0.425. The zero-order valence-electron chi connectivity index (χ0n) is 6.13. The number of urea groups is 1. The van der Waals surface area contributed by atoms with Crippen LogP contribution in [0.15, 0.2) is 0 Å². The molecule has 1 heterocycles. The number of rotatable bonds is 2. The van der Waals surface area contributed by atoms with Crippen LogP contribution in [0.1, 0.15) is 6.92 Å². The van der Waals surface area contributed by atoms with Crippen molar-refractivity contribution >= 4 is 23.5 Å². The van der Waals surface area contributed by atoms with Crippen molar-refractivity contribution in [3.63, 3.8) is 0 Å². The second kappa shape index (κ2) is 3.09. The Balaban J connectivity index is 2.59. The van der Waals surface area contributed by atoms with Gasteiger partial charge in [-0.25, -0.2) is 4.79 Å². The van der Waals surface area contributed by atoms with Gasteiger partial charge in [0, 0.05) is 11.9 Å². The SMILES string of the molecule is CC(CCl)N1CC(=O)NC1=O. The number of nitrogens with one attached hydrogen (secondary N) is 1. The topological polar surface area (TPSA) is 49.4 Å². The molecule has 1 fully saturated rings.